The van der Waals surface area contributed by atoms with Crippen LogP contribution >= 0.6 is 6.83 Å². The molecule has 0 amide bonds. The molecule has 0 spiro atoms. The Labute approximate surface area is 218 Å². The van der Waals surface area contributed by atoms with Crippen LogP contribution in [0.1, 0.15) is 182 Å². The molecule has 0 saturated carbocycles. The summed E-state index contributed by atoms with van der Waals surface area (Å²) in [5.74, 6) is 0. The molecule has 0 radical (unpaired) electrons. The van der Waals surface area contributed by atoms with Gasteiger partial charge in [0, 0.05) is 0 Å². The number of rotatable bonds is 28. The minimum atomic E-state index is -2.54. The normalized spacial score (nSPS) is 13.3. The van der Waals surface area contributed by atoms with Crippen molar-refractivity contribution in [3.05, 3.63) is 0 Å². The van der Waals surface area contributed by atoms with E-state index in [-0.39, 0.29) is 0 Å². The molecule has 1 nitrogen and oxygen atoms in total. The number of hydrogen-bond donors (Lipinski definition) is 1. The Kier molecular flexibility index (Phi) is 24.0. The summed E-state index contributed by atoms with van der Waals surface area (Å²) in [6, 6.07) is 0. The zero-order valence-electron chi connectivity index (χ0n) is 24.7. The van der Waals surface area contributed by atoms with Gasteiger partial charge in [-0.15, -0.1) is 0 Å². The first kappa shape index (κ1) is 34.4. The summed E-state index contributed by atoms with van der Waals surface area (Å²) >= 11 is 0. The van der Waals surface area contributed by atoms with Gasteiger partial charge in [0.1, 0.15) is 0 Å². The fourth-order valence-electron chi connectivity index (χ4n) is 5.86. The molecule has 0 aromatic heterocycles. The predicted molar refractivity (Wildman–Crippen MR) is 162 cm³/mol. The zero-order chi connectivity index (χ0) is 25.2. The van der Waals surface area contributed by atoms with Crippen LogP contribution in [0.25, 0.3) is 0 Å². The van der Waals surface area contributed by atoms with Crippen LogP contribution in [0.4, 0.5) is 0 Å². The SMILES string of the molecule is CCCCCCCCCCCCCCP(O)(CCCCCC)(CCCCCC)CCCCCC. The third-order valence-electron chi connectivity index (χ3n) is 8.34. The summed E-state index contributed by atoms with van der Waals surface area (Å²) in [7, 11) is 0. The van der Waals surface area contributed by atoms with Crippen molar-refractivity contribution in [3.8, 4) is 0 Å². The van der Waals surface area contributed by atoms with Gasteiger partial charge < -0.3 is 0 Å². The first-order chi connectivity index (χ1) is 16.5. The Morgan fingerprint density at radius 1 is 0.294 bits per heavy atom. The first-order valence-electron chi connectivity index (χ1n) is 16.3. The van der Waals surface area contributed by atoms with Gasteiger partial charge in [-0.2, -0.15) is 0 Å². The van der Waals surface area contributed by atoms with Crippen LogP contribution in [-0.2, 0) is 0 Å². The van der Waals surface area contributed by atoms with E-state index < -0.39 is 6.83 Å². The molecule has 0 aliphatic rings. The van der Waals surface area contributed by atoms with Crippen LogP contribution in [-0.4, -0.2) is 29.5 Å². The van der Waals surface area contributed by atoms with Crippen molar-refractivity contribution in [2.24, 2.45) is 0 Å². The molecule has 0 saturated heterocycles. The van der Waals surface area contributed by atoms with Crippen molar-refractivity contribution in [1.29, 1.82) is 0 Å². The van der Waals surface area contributed by atoms with Gasteiger partial charge in [-0.05, 0) is 0 Å². The van der Waals surface area contributed by atoms with Crippen LogP contribution in [0.5, 0.6) is 0 Å². The molecule has 0 heterocycles. The number of unbranched alkanes of at least 4 members (excludes halogenated alkanes) is 20. The van der Waals surface area contributed by atoms with Crippen LogP contribution < -0.4 is 0 Å². The fourth-order valence-corrected chi connectivity index (χ4v) is 11.3. The maximum absolute atomic E-state index is 12.6. The zero-order valence-corrected chi connectivity index (χ0v) is 25.6. The summed E-state index contributed by atoms with van der Waals surface area (Å²) < 4.78 is 0. The first-order valence-corrected chi connectivity index (χ1v) is 19.2. The van der Waals surface area contributed by atoms with E-state index in [9.17, 15) is 4.89 Å². The van der Waals surface area contributed by atoms with Crippen molar-refractivity contribution >= 4 is 6.83 Å². The summed E-state index contributed by atoms with van der Waals surface area (Å²) in [6.45, 7) is 6.68. The molecular weight excluding hydrogens is 431 g/mol. The standard InChI is InChI=1S/C32H69OP/c1-5-9-13-17-18-19-20-21-22-23-24-28-32-34(33,29-25-14-10-6-2,30-26-15-11-7-3)31-27-16-12-8-4/h33H,5-32H2,1-4H3. The van der Waals surface area contributed by atoms with E-state index in [1.807, 2.05) is 0 Å². The molecular formula is C32H69OP. The van der Waals surface area contributed by atoms with Gasteiger partial charge in [0.05, 0.1) is 0 Å². The molecule has 0 aliphatic heterocycles. The van der Waals surface area contributed by atoms with Crippen LogP contribution in [0.3, 0.4) is 0 Å². The predicted octanol–water partition coefficient (Wildman–Crippen LogP) is 11.9. The second-order valence-electron chi connectivity index (χ2n) is 11.9. The molecule has 0 rings (SSSR count). The van der Waals surface area contributed by atoms with Crippen molar-refractivity contribution in [2.45, 2.75) is 182 Å². The van der Waals surface area contributed by atoms with Gasteiger partial charge >= 0.3 is 205 Å². The molecule has 0 unspecified atom stereocenters. The third kappa shape index (κ3) is 19.6. The molecule has 0 aromatic carbocycles. The summed E-state index contributed by atoms with van der Waals surface area (Å²) in [5, 5.41) is 0. The van der Waals surface area contributed by atoms with E-state index >= 15 is 0 Å². The van der Waals surface area contributed by atoms with Crippen molar-refractivity contribution in [1.82, 2.24) is 0 Å². The van der Waals surface area contributed by atoms with Crippen LogP contribution in [0, 0.1) is 0 Å². The Balaban J connectivity index is 4.57. The Morgan fingerprint density at radius 3 is 0.706 bits per heavy atom. The average molecular weight is 501 g/mol. The summed E-state index contributed by atoms with van der Waals surface area (Å²) in [5.41, 5.74) is 0. The number of hydrogen-bond acceptors (Lipinski definition) is 1. The quantitative estimate of drug-likeness (QED) is 0.0836. The van der Waals surface area contributed by atoms with E-state index in [1.54, 1.807) is 0 Å². The summed E-state index contributed by atoms with van der Waals surface area (Å²) in [6.07, 6.45) is 37.4. The van der Waals surface area contributed by atoms with Crippen molar-refractivity contribution in [2.75, 3.05) is 24.6 Å². The average Bonchev–Trinajstić information content (AvgIpc) is 2.84. The van der Waals surface area contributed by atoms with Gasteiger partial charge in [-0.3, -0.25) is 0 Å². The van der Waals surface area contributed by atoms with Gasteiger partial charge in [-0.25, -0.2) is 0 Å². The van der Waals surface area contributed by atoms with E-state index in [0.717, 1.165) is 0 Å². The molecule has 208 valence electrons. The second-order valence-corrected chi connectivity index (χ2v) is 17.5. The molecule has 2 heteroatoms. The molecule has 34 heavy (non-hydrogen) atoms. The van der Waals surface area contributed by atoms with Crippen LogP contribution in [0.2, 0.25) is 0 Å². The molecule has 1 N–H and O–H groups in total. The second kappa shape index (κ2) is 23.8. The maximum atomic E-state index is 12.6. The third-order valence-corrected chi connectivity index (χ3v) is 14.2. The van der Waals surface area contributed by atoms with Crippen molar-refractivity contribution in [3.63, 3.8) is 0 Å². The van der Waals surface area contributed by atoms with Gasteiger partial charge in [0.15, 0.2) is 0 Å². The molecule has 0 fully saturated rings. The van der Waals surface area contributed by atoms with Crippen molar-refractivity contribution < 1.29 is 4.89 Å². The molecule has 0 aromatic rings. The van der Waals surface area contributed by atoms with Gasteiger partial charge in [0.25, 0.3) is 0 Å². The fraction of sp³-hybridized carbons (Fsp3) is 1.00. The summed E-state index contributed by atoms with van der Waals surface area (Å²) in [4.78, 5) is 12.6. The Hall–Kier alpha value is 0.390. The minimum absolute atomic E-state index is 1.18. The van der Waals surface area contributed by atoms with E-state index in [4.69, 9.17) is 0 Å². The Morgan fingerprint density at radius 2 is 0.471 bits per heavy atom. The van der Waals surface area contributed by atoms with Gasteiger partial charge in [-0.1, -0.05) is 13.3 Å². The van der Waals surface area contributed by atoms with Crippen LogP contribution in [0.15, 0.2) is 0 Å². The van der Waals surface area contributed by atoms with E-state index in [1.165, 1.54) is 179 Å². The van der Waals surface area contributed by atoms with Gasteiger partial charge in [0.2, 0.25) is 0 Å². The monoisotopic (exact) mass is 501 g/mol. The molecule has 0 atom stereocenters. The van der Waals surface area contributed by atoms with E-state index in [0.29, 0.717) is 0 Å². The topological polar surface area (TPSA) is 20.2 Å². The Bertz CT molecular complexity index is 374. The molecule has 0 aliphatic carbocycles. The van der Waals surface area contributed by atoms with E-state index in [2.05, 4.69) is 27.7 Å². The molecule has 0 bridgehead atoms.